The number of nitriles is 1. The summed E-state index contributed by atoms with van der Waals surface area (Å²) in [7, 11) is 0. The fraction of sp³-hybridized carbons (Fsp3) is 0.467. The largest absolute Gasteiger partial charge is 0.309 e. The van der Waals surface area contributed by atoms with Crippen LogP contribution < -0.4 is 5.32 Å². The van der Waals surface area contributed by atoms with Crippen LogP contribution >= 0.6 is 23.2 Å². The zero-order valence-corrected chi connectivity index (χ0v) is 14.4. The van der Waals surface area contributed by atoms with Crippen molar-refractivity contribution in [2.24, 2.45) is 0 Å². The Balaban J connectivity index is 1.97. The molecule has 0 saturated heterocycles. The van der Waals surface area contributed by atoms with Crippen LogP contribution in [-0.2, 0) is 17.8 Å². The molecule has 7 nitrogen and oxygen atoms in total. The van der Waals surface area contributed by atoms with Gasteiger partial charge in [-0.3, -0.25) is 9.48 Å². The molecule has 0 atom stereocenters. The summed E-state index contributed by atoms with van der Waals surface area (Å²) in [5, 5.41) is 21.2. The minimum Gasteiger partial charge on any atom is -0.309 e. The molecular weight excluding hydrogens is 351 g/mol. The van der Waals surface area contributed by atoms with Crippen LogP contribution in [0.4, 0.5) is 5.82 Å². The average molecular weight is 367 g/mol. The molecule has 3 rings (SSSR count). The molecule has 1 N–H and O–H groups in total. The predicted octanol–water partition coefficient (Wildman–Crippen LogP) is 2.89. The third-order valence-electron chi connectivity index (χ3n) is 3.90. The van der Waals surface area contributed by atoms with E-state index in [4.69, 9.17) is 23.2 Å². The molecule has 1 amide bonds. The van der Waals surface area contributed by atoms with Gasteiger partial charge in [-0.15, -0.1) is 11.6 Å². The molecule has 24 heavy (non-hydrogen) atoms. The highest BCUT2D eigenvalue weighted by Gasteiger charge is 2.24. The van der Waals surface area contributed by atoms with E-state index in [-0.39, 0.29) is 23.7 Å². The molecule has 0 unspecified atom stereocenters. The number of hydrogen-bond acceptors (Lipinski definition) is 4. The maximum absolute atomic E-state index is 12.0. The topological polar surface area (TPSA) is 88.5 Å². The lowest BCUT2D eigenvalue weighted by molar-refractivity contribution is -0.116. The van der Waals surface area contributed by atoms with E-state index >= 15 is 0 Å². The van der Waals surface area contributed by atoms with E-state index < -0.39 is 0 Å². The van der Waals surface area contributed by atoms with Crippen LogP contribution in [0.5, 0.6) is 0 Å². The minimum absolute atomic E-state index is 0.228. The number of anilines is 1. The average Bonchev–Trinajstić information content (AvgIpc) is 3.14. The van der Waals surface area contributed by atoms with E-state index in [0.717, 1.165) is 31.5 Å². The standard InChI is InChI=1S/C15H16Cl2N6O/c16-6-3-5-12(24)20-14-10(8-18)9-19-23(14)15-13(17)11-4-1-2-7-22(11)21-15/h9H,1-7H2,(H,20,24). The Bertz CT molecular complexity index is 804. The number of carbonyl (C=O) groups is 1. The van der Waals surface area contributed by atoms with E-state index in [2.05, 4.69) is 15.5 Å². The SMILES string of the molecule is N#Cc1cnn(-c2nn3c(c2Cl)CCCC3)c1NC(=O)CCCCl. The van der Waals surface area contributed by atoms with Crippen LogP contribution in [0.1, 0.15) is 36.9 Å². The van der Waals surface area contributed by atoms with Gasteiger partial charge in [0.15, 0.2) is 11.6 Å². The first-order valence-electron chi connectivity index (χ1n) is 7.75. The zero-order valence-electron chi connectivity index (χ0n) is 12.9. The number of alkyl halides is 1. The van der Waals surface area contributed by atoms with Crippen molar-refractivity contribution in [1.29, 1.82) is 5.26 Å². The molecule has 2 aromatic heterocycles. The van der Waals surface area contributed by atoms with E-state index in [9.17, 15) is 10.1 Å². The lowest BCUT2D eigenvalue weighted by atomic mass is 10.1. The molecule has 0 aliphatic carbocycles. The predicted molar refractivity (Wildman–Crippen MR) is 90.6 cm³/mol. The van der Waals surface area contributed by atoms with Gasteiger partial charge in [-0.25, -0.2) is 0 Å². The van der Waals surface area contributed by atoms with Crippen LogP contribution in [0, 0.1) is 11.3 Å². The Hall–Kier alpha value is -2.04. The Morgan fingerprint density at radius 1 is 1.46 bits per heavy atom. The highest BCUT2D eigenvalue weighted by Crippen LogP contribution is 2.31. The molecular formula is C15H16Cl2N6O. The monoisotopic (exact) mass is 366 g/mol. The second-order valence-corrected chi connectivity index (χ2v) is 6.29. The molecule has 0 saturated carbocycles. The first-order valence-corrected chi connectivity index (χ1v) is 8.66. The van der Waals surface area contributed by atoms with E-state index in [1.165, 1.54) is 10.9 Å². The fourth-order valence-corrected chi connectivity index (χ4v) is 3.15. The number of halogens is 2. The lowest BCUT2D eigenvalue weighted by Gasteiger charge is -2.12. The van der Waals surface area contributed by atoms with Gasteiger partial charge in [0.05, 0.1) is 11.9 Å². The summed E-state index contributed by atoms with van der Waals surface area (Å²) in [5.74, 6) is 0.892. The first kappa shape index (κ1) is 16.8. The van der Waals surface area contributed by atoms with E-state index in [1.807, 2.05) is 10.8 Å². The number of nitrogens with one attached hydrogen (secondary N) is 1. The quantitative estimate of drug-likeness (QED) is 0.823. The van der Waals surface area contributed by atoms with Crippen LogP contribution in [0.15, 0.2) is 6.20 Å². The maximum atomic E-state index is 12.0. The van der Waals surface area contributed by atoms with Gasteiger partial charge in [0.1, 0.15) is 16.7 Å². The van der Waals surface area contributed by atoms with Gasteiger partial charge in [0.2, 0.25) is 5.91 Å². The van der Waals surface area contributed by atoms with Gasteiger partial charge in [-0.05, 0) is 25.7 Å². The number of rotatable bonds is 5. The molecule has 1 aliphatic heterocycles. The van der Waals surface area contributed by atoms with Crippen molar-refractivity contribution in [3.05, 3.63) is 22.5 Å². The molecule has 126 valence electrons. The first-order chi connectivity index (χ1) is 11.7. The van der Waals surface area contributed by atoms with Gasteiger partial charge >= 0.3 is 0 Å². The summed E-state index contributed by atoms with van der Waals surface area (Å²) in [6, 6.07) is 2.03. The molecule has 2 aromatic rings. The number of hydrogen-bond donors (Lipinski definition) is 1. The molecule has 9 heteroatoms. The van der Waals surface area contributed by atoms with E-state index in [0.29, 0.717) is 23.1 Å². The third kappa shape index (κ3) is 3.12. The summed E-state index contributed by atoms with van der Waals surface area (Å²) in [4.78, 5) is 12.0. The number of aromatic nitrogens is 4. The number of aryl methyl sites for hydroxylation is 1. The van der Waals surface area contributed by atoms with Crippen molar-refractivity contribution < 1.29 is 4.79 Å². The van der Waals surface area contributed by atoms with Gasteiger partial charge in [-0.1, -0.05) is 11.6 Å². The van der Waals surface area contributed by atoms with Crippen molar-refractivity contribution in [3.63, 3.8) is 0 Å². The summed E-state index contributed by atoms with van der Waals surface area (Å²) in [6.45, 7) is 0.804. The van der Waals surface area contributed by atoms with Crippen LogP contribution in [-0.4, -0.2) is 31.3 Å². The number of nitrogens with zero attached hydrogens (tertiary/aromatic N) is 5. The van der Waals surface area contributed by atoms with Crippen molar-refractivity contribution in [2.75, 3.05) is 11.2 Å². The second kappa shape index (κ2) is 7.24. The van der Waals surface area contributed by atoms with Crippen LogP contribution in [0.3, 0.4) is 0 Å². The number of fused-ring (bicyclic) bond motifs is 1. The Morgan fingerprint density at radius 3 is 3.00 bits per heavy atom. The van der Waals surface area contributed by atoms with Crippen molar-refractivity contribution in [3.8, 4) is 11.9 Å². The lowest BCUT2D eigenvalue weighted by Crippen LogP contribution is -2.16. The molecule has 0 fully saturated rings. The van der Waals surface area contributed by atoms with Crippen LogP contribution in [0.2, 0.25) is 5.02 Å². The van der Waals surface area contributed by atoms with Gasteiger partial charge in [0.25, 0.3) is 0 Å². The molecule has 0 aromatic carbocycles. The highest BCUT2D eigenvalue weighted by atomic mass is 35.5. The van der Waals surface area contributed by atoms with Crippen LogP contribution in [0.25, 0.3) is 5.82 Å². The Kier molecular flexibility index (Phi) is 5.07. The number of carbonyl (C=O) groups excluding carboxylic acids is 1. The maximum Gasteiger partial charge on any atom is 0.225 e. The van der Waals surface area contributed by atoms with Crippen molar-refractivity contribution >= 4 is 34.9 Å². The van der Waals surface area contributed by atoms with E-state index in [1.54, 1.807) is 0 Å². The Morgan fingerprint density at radius 2 is 2.29 bits per heavy atom. The van der Waals surface area contributed by atoms with Gasteiger partial charge < -0.3 is 5.32 Å². The highest BCUT2D eigenvalue weighted by molar-refractivity contribution is 6.33. The van der Waals surface area contributed by atoms with Crippen molar-refractivity contribution in [2.45, 2.75) is 38.6 Å². The Labute approximate surface area is 149 Å². The van der Waals surface area contributed by atoms with Gasteiger partial charge in [-0.2, -0.15) is 20.1 Å². The minimum atomic E-state index is -0.228. The number of amides is 1. The summed E-state index contributed by atoms with van der Waals surface area (Å²) < 4.78 is 3.29. The molecule has 0 spiro atoms. The normalized spacial score (nSPS) is 13.4. The van der Waals surface area contributed by atoms with Crippen molar-refractivity contribution in [1.82, 2.24) is 19.6 Å². The second-order valence-electron chi connectivity index (χ2n) is 5.54. The molecule has 3 heterocycles. The zero-order chi connectivity index (χ0) is 17.1. The smallest absolute Gasteiger partial charge is 0.225 e. The summed E-state index contributed by atoms with van der Waals surface area (Å²) >= 11 is 12.1. The molecule has 0 radical (unpaired) electrons. The van der Waals surface area contributed by atoms with Gasteiger partial charge in [0, 0.05) is 18.8 Å². The molecule has 0 bridgehead atoms. The molecule has 1 aliphatic rings. The third-order valence-corrected chi connectivity index (χ3v) is 4.55. The summed E-state index contributed by atoms with van der Waals surface area (Å²) in [5.41, 5.74) is 1.22. The fourth-order valence-electron chi connectivity index (χ4n) is 2.71. The summed E-state index contributed by atoms with van der Waals surface area (Å²) in [6.07, 6.45) is 5.20.